The van der Waals surface area contributed by atoms with Crippen molar-refractivity contribution in [3.63, 3.8) is 0 Å². The van der Waals surface area contributed by atoms with Crippen LogP contribution in [0.1, 0.15) is 58.9 Å². The molecule has 0 radical (unpaired) electrons. The van der Waals surface area contributed by atoms with Gasteiger partial charge in [-0.1, -0.05) is 25.5 Å². The highest BCUT2D eigenvalue weighted by molar-refractivity contribution is 6.23. The molecule has 2 N–H and O–H groups in total. The van der Waals surface area contributed by atoms with E-state index in [0.717, 1.165) is 16.9 Å². The van der Waals surface area contributed by atoms with E-state index in [4.69, 9.17) is 5.11 Å². The van der Waals surface area contributed by atoms with E-state index in [9.17, 15) is 24.3 Å². The molecular weight excluding hydrogens is 314 g/mol. The molecule has 0 aliphatic carbocycles. The van der Waals surface area contributed by atoms with Crippen LogP contribution in [-0.4, -0.2) is 44.9 Å². The van der Waals surface area contributed by atoms with E-state index in [0.29, 0.717) is 6.42 Å². The summed E-state index contributed by atoms with van der Waals surface area (Å²) in [6.45, 7) is 1.95. The minimum Gasteiger partial charge on any atom is -0.481 e. The highest BCUT2D eigenvalue weighted by Gasteiger charge is 2.43. The Morgan fingerprint density at radius 1 is 1.17 bits per heavy atom. The first-order chi connectivity index (χ1) is 11.4. The van der Waals surface area contributed by atoms with Gasteiger partial charge in [0.05, 0.1) is 11.1 Å². The molecule has 1 heterocycles. The number of hydrogen-bond acceptors (Lipinski definition) is 4. The normalized spacial score (nSPS) is 14.6. The van der Waals surface area contributed by atoms with Crippen LogP contribution in [0, 0.1) is 0 Å². The van der Waals surface area contributed by atoms with E-state index >= 15 is 0 Å². The minimum atomic E-state index is -1.36. The summed E-state index contributed by atoms with van der Waals surface area (Å²) in [6, 6.07) is 3.60. The number of carbonyl (C=O) groups excluding carboxylic acids is 2. The molecule has 0 saturated carbocycles. The number of aliphatic carboxylic acids is 2. The number of amides is 2. The number of aryl methyl sites for hydroxylation is 1. The second kappa shape index (κ2) is 7.25. The molecule has 1 aliphatic rings. The van der Waals surface area contributed by atoms with Crippen molar-refractivity contribution in [3.8, 4) is 0 Å². The van der Waals surface area contributed by atoms with Gasteiger partial charge in [0.15, 0.2) is 0 Å². The topological polar surface area (TPSA) is 112 Å². The van der Waals surface area contributed by atoms with Gasteiger partial charge in [-0.3, -0.25) is 19.3 Å². The third-order valence-electron chi connectivity index (χ3n) is 4.02. The van der Waals surface area contributed by atoms with Crippen LogP contribution < -0.4 is 0 Å². The lowest BCUT2D eigenvalue weighted by Crippen LogP contribution is -2.45. The monoisotopic (exact) mass is 333 g/mol. The number of hydrogen-bond donors (Lipinski definition) is 2. The van der Waals surface area contributed by atoms with Gasteiger partial charge in [-0.05, 0) is 30.9 Å². The third kappa shape index (κ3) is 3.29. The second-order valence-corrected chi connectivity index (χ2v) is 5.71. The molecule has 0 fully saturated rings. The largest absolute Gasteiger partial charge is 0.481 e. The average Bonchev–Trinajstić information content (AvgIpc) is 2.76. The number of rotatable bonds is 8. The molecule has 1 aliphatic heterocycles. The summed E-state index contributed by atoms with van der Waals surface area (Å²) in [6.07, 6.45) is 1.18. The minimum absolute atomic E-state index is 0.0710. The quantitative estimate of drug-likeness (QED) is 0.703. The van der Waals surface area contributed by atoms with Crippen molar-refractivity contribution in [2.45, 2.75) is 45.1 Å². The maximum absolute atomic E-state index is 12.7. The fourth-order valence-corrected chi connectivity index (χ4v) is 2.94. The maximum atomic E-state index is 12.7. The van der Waals surface area contributed by atoms with Crippen molar-refractivity contribution < 1.29 is 29.4 Å². The molecule has 0 aromatic heterocycles. The SMILES string of the molecule is CCCc1cccc2c1C(=O)N(C(CCCC(=O)O)C(=O)O)C2=O. The summed E-state index contributed by atoms with van der Waals surface area (Å²) >= 11 is 0. The number of carboxylic acid groups (broad SMARTS) is 2. The standard InChI is InChI=1S/C17H19NO6/c1-2-5-10-6-3-7-11-14(10)16(22)18(15(11)21)12(17(23)24)8-4-9-13(19)20/h3,6-7,12H,2,4-5,8-9H2,1H3,(H,19,20)(H,23,24). The van der Waals surface area contributed by atoms with Gasteiger partial charge in [0.25, 0.3) is 11.8 Å². The highest BCUT2D eigenvalue weighted by atomic mass is 16.4. The van der Waals surface area contributed by atoms with Crippen LogP contribution in [0.3, 0.4) is 0 Å². The summed E-state index contributed by atoms with van der Waals surface area (Å²) in [7, 11) is 0. The van der Waals surface area contributed by atoms with Gasteiger partial charge in [-0.15, -0.1) is 0 Å². The number of fused-ring (bicyclic) bond motifs is 1. The summed E-state index contributed by atoms with van der Waals surface area (Å²) < 4.78 is 0. The van der Waals surface area contributed by atoms with Crippen LogP contribution in [-0.2, 0) is 16.0 Å². The van der Waals surface area contributed by atoms with Gasteiger partial charge in [0, 0.05) is 6.42 Å². The van der Waals surface area contributed by atoms with Crippen LogP contribution in [0.15, 0.2) is 18.2 Å². The van der Waals surface area contributed by atoms with Crippen molar-refractivity contribution >= 4 is 23.8 Å². The smallest absolute Gasteiger partial charge is 0.326 e. The van der Waals surface area contributed by atoms with Gasteiger partial charge in [0.2, 0.25) is 0 Å². The molecule has 2 amide bonds. The van der Waals surface area contributed by atoms with E-state index in [2.05, 4.69) is 0 Å². The van der Waals surface area contributed by atoms with E-state index in [1.807, 2.05) is 6.92 Å². The molecule has 0 spiro atoms. The molecule has 0 bridgehead atoms. The van der Waals surface area contributed by atoms with Crippen molar-refractivity contribution in [1.29, 1.82) is 0 Å². The molecule has 0 saturated heterocycles. The molecule has 24 heavy (non-hydrogen) atoms. The Balaban J connectivity index is 2.32. The first kappa shape index (κ1) is 17.7. The molecule has 7 heteroatoms. The zero-order valence-corrected chi connectivity index (χ0v) is 13.3. The molecular formula is C17H19NO6. The summed E-state index contributed by atoms with van der Waals surface area (Å²) in [5.41, 5.74) is 1.22. The second-order valence-electron chi connectivity index (χ2n) is 5.71. The third-order valence-corrected chi connectivity index (χ3v) is 4.02. The lowest BCUT2D eigenvalue weighted by Gasteiger charge is -2.22. The molecule has 128 valence electrons. The number of carbonyl (C=O) groups is 4. The summed E-state index contributed by atoms with van der Waals surface area (Å²) in [5, 5.41) is 18.1. The average molecular weight is 333 g/mol. The first-order valence-corrected chi connectivity index (χ1v) is 7.82. The van der Waals surface area contributed by atoms with Crippen LogP contribution in [0.2, 0.25) is 0 Å². The zero-order valence-electron chi connectivity index (χ0n) is 13.3. The Hall–Kier alpha value is -2.70. The fourth-order valence-electron chi connectivity index (χ4n) is 2.94. The van der Waals surface area contributed by atoms with Crippen molar-refractivity contribution in [1.82, 2.24) is 4.90 Å². The lowest BCUT2D eigenvalue weighted by atomic mass is 9.99. The van der Waals surface area contributed by atoms with Gasteiger partial charge in [0.1, 0.15) is 6.04 Å². The molecule has 1 aromatic rings. The molecule has 2 rings (SSSR count). The zero-order chi connectivity index (χ0) is 17.9. The molecule has 7 nitrogen and oxygen atoms in total. The van der Waals surface area contributed by atoms with E-state index in [-0.39, 0.29) is 30.4 Å². The molecule has 1 atom stereocenters. The van der Waals surface area contributed by atoms with Gasteiger partial charge in [-0.25, -0.2) is 4.79 Å². The summed E-state index contributed by atoms with van der Waals surface area (Å²) in [4.78, 5) is 48.1. The predicted octanol–water partition coefficient (Wildman–Crippen LogP) is 1.94. The Labute approximate surface area is 138 Å². The predicted molar refractivity (Wildman–Crippen MR) is 83.8 cm³/mol. The number of carboxylic acids is 2. The maximum Gasteiger partial charge on any atom is 0.326 e. The van der Waals surface area contributed by atoms with E-state index in [1.54, 1.807) is 12.1 Å². The first-order valence-electron chi connectivity index (χ1n) is 7.82. The lowest BCUT2D eigenvalue weighted by molar-refractivity contribution is -0.142. The van der Waals surface area contributed by atoms with E-state index in [1.165, 1.54) is 6.07 Å². The van der Waals surface area contributed by atoms with Crippen LogP contribution >= 0.6 is 0 Å². The Morgan fingerprint density at radius 2 is 1.88 bits per heavy atom. The van der Waals surface area contributed by atoms with Gasteiger partial charge >= 0.3 is 11.9 Å². The van der Waals surface area contributed by atoms with Crippen molar-refractivity contribution in [2.24, 2.45) is 0 Å². The number of imide groups is 1. The number of benzene rings is 1. The van der Waals surface area contributed by atoms with Crippen molar-refractivity contribution in [2.75, 3.05) is 0 Å². The van der Waals surface area contributed by atoms with Crippen LogP contribution in [0.25, 0.3) is 0 Å². The Bertz CT molecular complexity index is 696. The van der Waals surface area contributed by atoms with Gasteiger partial charge < -0.3 is 10.2 Å². The van der Waals surface area contributed by atoms with Crippen LogP contribution in [0.5, 0.6) is 0 Å². The summed E-state index contributed by atoms with van der Waals surface area (Å²) in [5.74, 6) is -3.60. The van der Waals surface area contributed by atoms with E-state index < -0.39 is 29.8 Å². The molecule has 1 aromatic carbocycles. The van der Waals surface area contributed by atoms with Gasteiger partial charge in [-0.2, -0.15) is 0 Å². The molecule has 1 unspecified atom stereocenters. The highest BCUT2D eigenvalue weighted by Crippen LogP contribution is 2.29. The van der Waals surface area contributed by atoms with Crippen LogP contribution in [0.4, 0.5) is 0 Å². The number of nitrogens with zero attached hydrogens (tertiary/aromatic N) is 1. The van der Waals surface area contributed by atoms with Crippen molar-refractivity contribution in [3.05, 3.63) is 34.9 Å². The fraction of sp³-hybridized carbons (Fsp3) is 0.412. The Morgan fingerprint density at radius 3 is 2.46 bits per heavy atom. The Kier molecular flexibility index (Phi) is 5.33.